The van der Waals surface area contributed by atoms with E-state index in [1.54, 1.807) is 0 Å². The Morgan fingerprint density at radius 1 is 0.833 bits per heavy atom. The first-order valence-electron chi connectivity index (χ1n) is 8.26. The summed E-state index contributed by atoms with van der Waals surface area (Å²) in [5, 5.41) is 13.7. The second-order valence-electron chi connectivity index (χ2n) is 6.49. The summed E-state index contributed by atoms with van der Waals surface area (Å²) < 4.78 is 0. The van der Waals surface area contributed by atoms with Crippen molar-refractivity contribution in [1.82, 2.24) is 5.32 Å². The van der Waals surface area contributed by atoms with Crippen molar-refractivity contribution in [3.05, 3.63) is 0 Å². The molecule has 0 amide bonds. The molecule has 2 saturated carbocycles. The molecule has 0 saturated heterocycles. The van der Waals surface area contributed by atoms with E-state index in [1.807, 2.05) is 0 Å². The van der Waals surface area contributed by atoms with Crippen LogP contribution in [0.3, 0.4) is 0 Å². The lowest BCUT2D eigenvalue weighted by atomic mass is 9.96. The predicted molar refractivity (Wildman–Crippen MR) is 76.7 cm³/mol. The Morgan fingerprint density at radius 2 is 1.39 bits per heavy atom. The fourth-order valence-electron chi connectivity index (χ4n) is 3.68. The Morgan fingerprint density at radius 3 is 2.06 bits per heavy atom. The molecule has 18 heavy (non-hydrogen) atoms. The van der Waals surface area contributed by atoms with E-state index in [0.717, 1.165) is 18.9 Å². The number of rotatable bonds is 5. The van der Waals surface area contributed by atoms with Crippen molar-refractivity contribution in [2.75, 3.05) is 6.54 Å². The van der Waals surface area contributed by atoms with Crippen LogP contribution in [0.15, 0.2) is 0 Å². The van der Waals surface area contributed by atoms with Crippen LogP contribution in [0.25, 0.3) is 0 Å². The normalized spacial score (nSPS) is 25.8. The van der Waals surface area contributed by atoms with E-state index in [4.69, 9.17) is 0 Å². The van der Waals surface area contributed by atoms with Crippen LogP contribution in [0.1, 0.15) is 77.0 Å². The summed E-state index contributed by atoms with van der Waals surface area (Å²) >= 11 is 0. The lowest BCUT2D eigenvalue weighted by Gasteiger charge is -2.23. The first kappa shape index (κ1) is 14.3. The highest BCUT2D eigenvalue weighted by atomic mass is 16.3. The average molecular weight is 253 g/mol. The zero-order valence-corrected chi connectivity index (χ0v) is 11.9. The van der Waals surface area contributed by atoms with Gasteiger partial charge in [0.05, 0.1) is 6.10 Å². The van der Waals surface area contributed by atoms with Gasteiger partial charge in [-0.05, 0) is 25.2 Å². The third-order valence-corrected chi connectivity index (χ3v) is 4.83. The maximum absolute atomic E-state index is 10.1. The molecule has 2 rings (SSSR count). The number of hydrogen-bond donors (Lipinski definition) is 2. The zero-order chi connectivity index (χ0) is 12.6. The molecule has 0 spiro atoms. The molecule has 1 atom stereocenters. The van der Waals surface area contributed by atoms with Gasteiger partial charge in [0.25, 0.3) is 0 Å². The molecule has 2 N–H and O–H groups in total. The highest BCUT2D eigenvalue weighted by Gasteiger charge is 2.19. The molecule has 0 aromatic rings. The quantitative estimate of drug-likeness (QED) is 0.784. The SMILES string of the molecule is OC(CNC1CCCCCCC1)CC1CCCC1. The van der Waals surface area contributed by atoms with E-state index < -0.39 is 0 Å². The molecule has 0 aromatic carbocycles. The van der Waals surface area contributed by atoms with Gasteiger partial charge in [-0.25, -0.2) is 0 Å². The maximum Gasteiger partial charge on any atom is 0.0667 e. The third kappa shape index (κ3) is 5.27. The van der Waals surface area contributed by atoms with E-state index in [2.05, 4.69) is 5.32 Å². The van der Waals surface area contributed by atoms with Crippen molar-refractivity contribution in [3.8, 4) is 0 Å². The van der Waals surface area contributed by atoms with Crippen molar-refractivity contribution in [2.45, 2.75) is 89.2 Å². The first-order chi connectivity index (χ1) is 8.84. The van der Waals surface area contributed by atoms with Gasteiger partial charge in [-0.3, -0.25) is 0 Å². The minimum atomic E-state index is -0.112. The molecule has 1 unspecified atom stereocenters. The molecule has 0 aromatic heterocycles. The van der Waals surface area contributed by atoms with E-state index in [-0.39, 0.29) is 6.10 Å². The minimum Gasteiger partial charge on any atom is -0.392 e. The molecular formula is C16H31NO. The van der Waals surface area contributed by atoms with Crippen LogP contribution < -0.4 is 5.32 Å². The van der Waals surface area contributed by atoms with E-state index in [0.29, 0.717) is 6.04 Å². The largest absolute Gasteiger partial charge is 0.392 e. The summed E-state index contributed by atoms with van der Waals surface area (Å²) in [7, 11) is 0. The van der Waals surface area contributed by atoms with E-state index >= 15 is 0 Å². The molecular weight excluding hydrogens is 222 g/mol. The molecule has 2 heteroatoms. The van der Waals surface area contributed by atoms with Gasteiger partial charge in [0.2, 0.25) is 0 Å². The van der Waals surface area contributed by atoms with Crippen molar-refractivity contribution in [2.24, 2.45) is 5.92 Å². The van der Waals surface area contributed by atoms with Crippen LogP contribution in [-0.4, -0.2) is 23.8 Å². The second-order valence-corrected chi connectivity index (χ2v) is 6.49. The standard InChI is InChI=1S/C16H31NO/c18-16(12-14-8-6-7-9-14)13-17-15-10-4-2-1-3-5-11-15/h14-18H,1-13H2. The average Bonchev–Trinajstić information content (AvgIpc) is 2.80. The summed E-state index contributed by atoms with van der Waals surface area (Å²) in [5.74, 6) is 0.805. The van der Waals surface area contributed by atoms with Crippen molar-refractivity contribution >= 4 is 0 Å². The van der Waals surface area contributed by atoms with Gasteiger partial charge in [-0.15, -0.1) is 0 Å². The van der Waals surface area contributed by atoms with Crippen LogP contribution >= 0.6 is 0 Å². The van der Waals surface area contributed by atoms with E-state index in [1.165, 1.54) is 70.6 Å². The Kier molecular flexibility index (Phi) is 6.50. The zero-order valence-electron chi connectivity index (χ0n) is 11.9. The number of aliphatic hydroxyl groups is 1. The molecule has 2 aliphatic carbocycles. The molecule has 0 bridgehead atoms. The van der Waals surface area contributed by atoms with Gasteiger partial charge in [0, 0.05) is 12.6 Å². The van der Waals surface area contributed by atoms with Gasteiger partial charge in [-0.2, -0.15) is 0 Å². The van der Waals surface area contributed by atoms with Gasteiger partial charge in [-0.1, -0.05) is 57.8 Å². The van der Waals surface area contributed by atoms with Crippen molar-refractivity contribution < 1.29 is 5.11 Å². The Balaban J connectivity index is 1.59. The van der Waals surface area contributed by atoms with Gasteiger partial charge < -0.3 is 10.4 Å². The number of aliphatic hydroxyl groups excluding tert-OH is 1. The van der Waals surface area contributed by atoms with Crippen molar-refractivity contribution in [3.63, 3.8) is 0 Å². The highest BCUT2D eigenvalue weighted by molar-refractivity contribution is 4.75. The molecule has 2 aliphatic rings. The van der Waals surface area contributed by atoms with Gasteiger partial charge in [0.15, 0.2) is 0 Å². The highest BCUT2D eigenvalue weighted by Crippen LogP contribution is 2.28. The van der Waals surface area contributed by atoms with E-state index in [9.17, 15) is 5.11 Å². The predicted octanol–water partition coefficient (Wildman–Crippen LogP) is 3.63. The van der Waals surface area contributed by atoms with Gasteiger partial charge in [0.1, 0.15) is 0 Å². The molecule has 0 aliphatic heterocycles. The van der Waals surface area contributed by atoms with Crippen molar-refractivity contribution in [1.29, 1.82) is 0 Å². The smallest absolute Gasteiger partial charge is 0.0667 e. The Hall–Kier alpha value is -0.0800. The Bertz CT molecular complexity index is 205. The monoisotopic (exact) mass is 253 g/mol. The van der Waals surface area contributed by atoms with Crippen LogP contribution in [0.4, 0.5) is 0 Å². The number of hydrogen-bond acceptors (Lipinski definition) is 2. The summed E-state index contributed by atoms with van der Waals surface area (Å²) in [5.41, 5.74) is 0. The molecule has 0 radical (unpaired) electrons. The van der Waals surface area contributed by atoms with Crippen LogP contribution in [0.5, 0.6) is 0 Å². The summed E-state index contributed by atoms with van der Waals surface area (Å²) in [6.07, 6.45) is 16.0. The fraction of sp³-hybridized carbons (Fsp3) is 1.00. The van der Waals surface area contributed by atoms with Crippen LogP contribution in [0.2, 0.25) is 0 Å². The van der Waals surface area contributed by atoms with Crippen LogP contribution in [0, 0.1) is 5.92 Å². The third-order valence-electron chi connectivity index (χ3n) is 4.83. The Labute approximate surface area is 113 Å². The van der Waals surface area contributed by atoms with Crippen LogP contribution in [-0.2, 0) is 0 Å². The molecule has 106 valence electrons. The maximum atomic E-state index is 10.1. The first-order valence-corrected chi connectivity index (χ1v) is 8.26. The molecule has 0 heterocycles. The summed E-state index contributed by atoms with van der Waals surface area (Å²) in [4.78, 5) is 0. The summed E-state index contributed by atoms with van der Waals surface area (Å²) in [6, 6.07) is 0.670. The molecule has 2 fully saturated rings. The topological polar surface area (TPSA) is 32.3 Å². The summed E-state index contributed by atoms with van der Waals surface area (Å²) in [6.45, 7) is 0.821. The second kappa shape index (κ2) is 8.16. The van der Waals surface area contributed by atoms with Gasteiger partial charge >= 0.3 is 0 Å². The minimum absolute atomic E-state index is 0.112. The lowest BCUT2D eigenvalue weighted by Crippen LogP contribution is -2.36. The lowest BCUT2D eigenvalue weighted by molar-refractivity contribution is 0.135. The fourth-order valence-corrected chi connectivity index (χ4v) is 3.68. The molecule has 2 nitrogen and oxygen atoms in total. The number of nitrogens with one attached hydrogen (secondary N) is 1.